The summed E-state index contributed by atoms with van der Waals surface area (Å²) in [6.07, 6.45) is 2.65. The lowest BCUT2D eigenvalue weighted by Crippen LogP contribution is -2.32. The van der Waals surface area contributed by atoms with E-state index in [0.29, 0.717) is 28.2 Å². The highest BCUT2D eigenvalue weighted by molar-refractivity contribution is 7.80. The van der Waals surface area contributed by atoms with Crippen molar-refractivity contribution in [2.75, 3.05) is 5.32 Å². The summed E-state index contributed by atoms with van der Waals surface area (Å²) in [4.78, 5) is 27.2. The van der Waals surface area contributed by atoms with Crippen LogP contribution in [0, 0.1) is 24.0 Å². The van der Waals surface area contributed by atoms with Gasteiger partial charge < -0.3 is 9.73 Å². The van der Waals surface area contributed by atoms with E-state index in [1.54, 1.807) is 24.3 Å². The molecule has 176 valence electrons. The van der Waals surface area contributed by atoms with Crippen LogP contribution in [0.1, 0.15) is 16.7 Å². The molecule has 3 aromatic carbocycles. The summed E-state index contributed by atoms with van der Waals surface area (Å²) >= 11 is 11.0. The number of hydrogen-bond acceptors (Lipinski definition) is 6. The number of oxazole rings is 1. The van der Waals surface area contributed by atoms with Gasteiger partial charge in [-0.3, -0.25) is 20.2 Å². The number of nitro groups is 1. The Morgan fingerprint density at radius 3 is 2.66 bits per heavy atom. The second-order valence-electron chi connectivity index (χ2n) is 7.75. The molecule has 0 aliphatic rings. The number of aryl methyl sites for hydroxylation is 2. The lowest BCUT2D eigenvalue weighted by molar-refractivity contribution is -0.384. The van der Waals surface area contributed by atoms with Crippen LogP contribution in [-0.2, 0) is 4.79 Å². The Labute approximate surface area is 210 Å². The monoisotopic (exact) mass is 506 g/mol. The van der Waals surface area contributed by atoms with Crippen molar-refractivity contribution >= 4 is 63.4 Å². The SMILES string of the molecule is Cc1ccc(-c2nc3cc(NC(=S)NC(=O)C=Cc4ccc(Cl)c([N+](=O)[O-])c4)ccc3o2)cc1C. The van der Waals surface area contributed by atoms with E-state index in [-0.39, 0.29) is 15.8 Å². The maximum absolute atomic E-state index is 12.2. The molecule has 0 spiro atoms. The maximum atomic E-state index is 12.2. The van der Waals surface area contributed by atoms with E-state index < -0.39 is 10.8 Å². The van der Waals surface area contributed by atoms with Crippen molar-refractivity contribution in [2.45, 2.75) is 13.8 Å². The molecule has 0 bridgehead atoms. The minimum absolute atomic E-state index is 0.0205. The van der Waals surface area contributed by atoms with E-state index in [9.17, 15) is 14.9 Å². The lowest BCUT2D eigenvalue weighted by atomic mass is 10.1. The first kappa shape index (κ1) is 24.1. The van der Waals surface area contributed by atoms with Crippen LogP contribution in [0.2, 0.25) is 5.02 Å². The molecule has 0 aliphatic carbocycles. The molecule has 0 saturated carbocycles. The van der Waals surface area contributed by atoms with E-state index in [2.05, 4.69) is 15.6 Å². The summed E-state index contributed by atoms with van der Waals surface area (Å²) in [7, 11) is 0. The minimum Gasteiger partial charge on any atom is -0.436 e. The predicted molar refractivity (Wildman–Crippen MR) is 140 cm³/mol. The highest BCUT2D eigenvalue weighted by Crippen LogP contribution is 2.28. The largest absolute Gasteiger partial charge is 0.436 e. The van der Waals surface area contributed by atoms with Crippen LogP contribution in [0.4, 0.5) is 11.4 Å². The Bertz CT molecular complexity index is 1510. The molecule has 8 nitrogen and oxygen atoms in total. The van der Waals surface area contributed by atoms with Crippen molar-refractivity contribution in [3.63, 3.8) is 0 Å². The third-order valence-electron chi connectivity index (χ3n) is 5.23. The number of nitro benzene ring substituents is 1. The zero-order valence-corrected chi connectivity index (χ0v) is 20.2. The molecule has 35 heavy (non-hydrogen) atoms. The third kappa shape index (κ3) is 5.71. The van der Waals surface area contributed by atoms with Crippen LogP contribution in [0.3, 0.4) is 0 Å². The quantitative estimate of drug-likeness (QED) is 0.143. The molecule has 1 amide bonds. The molecule has 2 N–H and O–H groups in total. The highest BCUT2D eigenvalue weighted by Gasteiger charge is 2.13. The smallest absolute Gasteiger partial charge is 0.288 e. The van der Waals surface area contributed by atoms with Gasteiger partial charge in [0.25, 0.3) is 5.69 Å². The Kier molecular flexibility index (Phi) is 6.90. The number of carbonyl (C=O) groups excluding carboxylic acids is 1. The fraction of sp³-hybridized carbons (Fsp3) is 0.0800. The van der Waals surface area contributed by atoms with Crippen LogP contribution < -0.4 is 10.6 Å². The Balaban J connectivity index is 1.41. The van der Waals surface area contributed by atoms with Gasteiger partial charge in [0.2, 0.25) is 11.8 Å². The fourth-order valence-electron chi connectivity index (χ4n) is 3.26. The van der Waals surface area contributed by atoms with E-state index in [0.717, 1.165) is 11.1 Å². The molecular formula is C25H19ClN4O4S. The summed E-state index contributed by atoms with van der Waals surface area (Å²) in [6, 6.07) is 15.6. The molecule has 4 rings (SSSR count). The molecule has 0 fully saturated rings. The van der Waals surface area contributed by atoms with E-state index >= 15 is 0 Å². The lowest BCUT2D eigenvalue weighted by Gasteiger charge is -2.07. The molecular weight excluding hydrogens is 488 g/mol. The van der Waals surface area contributed by atoms with Gasteiger partial charge in [0.1, 0.15) is 10.5 Å². The molecule has 0 aliphatic heterocycles. The number of thiocarbonyl (C=S) groups is 1. The molecule has 0 atom stereocenters. The van der Waals surface area contributed by atoms with Crippen molar-refractivity contribution in [1.29, 1.82) is 0 Å². The first-order valence-corrected chi connectivity index (χ1v) is 11.2. The van der Waals surface area contributed by atoms with Crippen molar-refractivity contribution in [3.8, 4) is 11.5 Å². The van der Waals surface area contributed by atoms with Gasteiger partial charge in [-0.25, -0.2) is 4.98 Å². The van der Waals surface area contributed by atoms with Crippen LogP contribution in [0.15, 0.2) is 65.1 Å². The van der Waals surface area contributed by atoms with Gasteiger partial charge in [-0.15, -0.1) is 0 Å². The van der Waals surface area contributed by atoms with Crippen LogP contribution in [-0.4, -0.2) is 20.9 Å². The van der Waals surface area contributed by atoms with Crippen LogP contribution in [0.25, 0.3) is 28.6 Å². The fourth-order valence-corrected chi connectivity index (χ4v) is 3.67. The van der Waals surface area contributed by atoms with Gasteiger partial charge in [0.05, 0.1) is 4.92 Å². The van der Waals surface area contributed by atoms with Crippen molar-refractivity contribution in [2.24, 2.45) is 0 Å². The number of nitrogens with zero attached hydrogens (tertiary/aromatic N) is 2. The number of anilines is 1. The average Bonchev–Trinajstić information content (AvgIpc) is 3.23. The zero-order chi connectivity index (χ0) is 25.1. The highest BCUT2D eigenvalue weighted by atomic mass is 35.5. The second kappa shape index (κ2) is 10.0. The van der Waals surface area contributed by atoms with Crippen LogP contribution >= 0.6 is 23.8 Å². The number of halogens is 1. The number of carbonyl (C=O) groups is 1. The summed E-state index contributed by atoms with van der Waals surface area (Å²) in [5.74, 6) is 0.0170. The minimum atomic E-state index is -0.588. The van der Waals surface area contributed by atoms with Gasteiger partial charge in [-0.2, -0.15) is 0 Å². The molecule has 1 aromatic heterocycles. The summed E-state index contributed by atoms with van der Waals surface area (Å²) in [5, 5.41) is 16.6. The molecule has 10 heteroatoms. The molecule has 0 radical (unpaired) electrons. The van der Waals surface area contributed by atoms with Gasteiger partial charge in [0, 0.05) is 23.4 Å². The number of fused-ring (bicyclic) bond motifs is 1. The van der Waals surface area contributed by atoms with E-state index in [1.807, 2.05) is 32.0 Å². The molecule has 4 aromatic rings. The Morgan fingerprint density at radius 2 is 1.91 bits per heavy atom. The zero-order valence-electron chi connectivity index (χ0n) is 18.7. The van der Waals surface area contributed by atoms with Gasteiger partial charge >= 0.3 is 0 Å². The number of aromatic nitrogens is 1. The van der Waals surface area contributed by atoms with Crippen molar-refractivity contribution in [1.82, 2.24) is 10.3 Å². The summed E-state index contributed by atoms with van der Waals surface area (Å²) in [5.41, 5.74) is 5.33. The molecule has 0 unspecified atom stereocenters. The average molecular weight is 507 g/mol. The number of hydrogen-bond donors (Lipinski definition) is 2. The number of amides is 1. The number of rotatable bonds is 5. The Hall–Kier alpha value is -4.08. The van der Waals surface area contributed by atoms with Gasteiger partial charge in [0.15, 0.2) is 10.7 Å². The van der Waals surface area contributed by atoms with Crippen molar-refractivity contribution < 1.29 is 14.1 Å². The summed E-state index contributed by atoms with van der Waals surface area (Å²) in [6.45, 7) is 4.08. The molecule has 1 heterocycles. The van der Waals surface area contributed by atoms with Gasteiger partial charge in [-0.05, 0) is 85.2 Å². The van der Waals surface area contributed by atoms with Gasteiger partial charge in [-0.1, -0.05) is 23.7 Å². The number of benzene rings is 3. The topological polar surface area (TPSA) is 110 Å². The standard InChI is InChI=1S/C25H19ClN4O4S/c1-14-3-6-17(11-15(14)2)24-28-20-13-18(7-9-22(20)34-24)27-25(35)29-23(31)10-5-16-4-8-19(26)21(12-16)30(32)33/h3-13H,1-2H3,(H2,27,29,31,35). The summed E-state index contributed by atoms with van der Waals surface area (Å²) < 4.78 is 5.88. The van der Waals surface area contributed by atoms with Crippen LogP contribution in [0.5, 0.6) is 0 Å². The normalized spacial score (nSPS) is 11.1. The second-order valence-corrected chi connectivity index (χ2v) is 8.56. The van der Waals surface area contributed by atoms with E-state index in [4.69, 9.17) is 28.2 Å². The number of nitrogens with one attached hydrogen (secondary N) is 2. The first-order valence-electron chi connectivity index (χ1n) is 10.4. The van der Waals surface area contributed by atoms with Crippen molar-refractivity contribution in [3.05, 3.63) is 92.5 Å². The predicted octanol–water partition coefficient (Wildman–Crippen LogP) is 6.20. The molecule has 0 saturated heterocycles. The van der Waals surface area contributed by atoms with E-state index in [1.165, 1.54) is 29.8 Å². The first-order chi connectivity index (χ1) is 16.7. The third-order valence-corrected chi connectivity index (χ3v) is 5.75. The Morgan fingerprint density at radius 1 is 1.11 bits per heavy atom. The maximum Gasteiger partial charge on any atom is 0.288 e.